The largest absolute Gasteiger partial charge is 0.308 e. The molecule has 0 aromatic carbocycles. The Balaban J connectivity index is 2.11. The third kappa shape index (κ3) is 3.33. The van der Waals surface area contributed by atoms with Crippen LogP contribution in [0.25, 0.3) is 0 Å². The van der Waals surface area contributed by atoms with Crippen LogP contribution in [0.5, 0.6) is 0 Å². The van der Waals surface area contributed by atoms with E-state index in [-0.39, 0.29) is 0 Å². The monoisotopic (exact) mass is 266 g/mol. The molecule has 1 N–H and O–H groups in total. The summed E-state index contributed by atoms with van der Waals surface area (Å²) in [5.41, 5.74) is 0.465. The zero-order chi connectivity index (χ0) is 13.9. The van der Waals surface area contributed by atoms with Crippen molar-refractivity contribution in [2.45, 2.75) is 90.3 Å². The van der Waals surface area contributed by atoms with Gasteiger partial charge >= 0.3 is 0 Å². The normalized spacial score (nSPS) is 29.2. The lowest BCUT2D eigenvalue weighted by molar-refractivity contribution is 0.0172. The molecule has 2 atom stereocenters. The van der Waals surface area contributed by atoms with Crippen LogP contribution in [0.3, 0.4) is 0 Å². The molecule has 1 aliphatic carbocycles. The highest BCUT2D eigenvalue weighted by Crippen LogP contribution is 2.36. The quantitative estimate of drug-likeness (QED) is 0.814. The van der Waals surface area contributed by atoms with Crippen LogP contribution in [0.2, 0.25) is 0 Å². The molecule has 1 aliphatic heterocycles. The summed E-state index contributed by atoms with van der Waals surface area (Å²) in [6, 6.07) is 1.54. The summed E-state index contributed by atoms with van der Waals surface area (Å²) in [6.07, 6.45) is 9.66. The van der Waals surface area contributed by atoms with Crippen LogP contribution in [0.15, 0.2) is 0 Å². The molecule has 0 amide bonds. The highest BCUT2D eigenvalue weighted by atomic mass is 15.3. The summed E-state index contributed by atoms with van der Waals surface area (Å²) in [7, 11) is 0. The predicted octanol–water partition coefficient (Wildman–Crippen LogP) is 3.81. The van der Waals surface area contributed by atoms with Gasteiger partial charge in [-0.3, -0.25) is 4.90 Å². The lowest BCUT2D eigenvalue weighted by atomic mass is 9.87. The van der Waals surface area contributed by atoms with E-state index in [4.69, 9.17) is 0 Å². The van der Waals surface area contributed by atoms with Crippen molar-refractivity contribution in [3.8, 4) is 0 Å². The fourth-order valence-electron chi connectivity index (χ4n) is 4.30. The van der Waals surface area contributed by atoms with Crippen molar-refractivity contribution in [3.05, 3.63) is 0 Å². The molecule has 2 heteroatoms. The van der Waals surface area contributed by atoms with E-state index in [0.29, 0.717) is 5.54 Å². The Bertz CT molecular complexity index is 268. The summed E-state index contributed by atoms with van der Waals surface area (Å²) in [6.45, 7) is 12.0. The van der Waals surface area contributed by atoms with E-state index in [2.05, 4.69) is 37.9 Å². The average Bonchev–Trinajstić information content (AvgIpc) is 2.83. The molecule has 0 radical (unpaired) electrons. The minimum Gasteiger partial charge on any atom is -0.308 e. The van der Waals surface area contributed by atoms with Crippen molar-refractivity contribution in [1.82, 2.24) is 10.2 Å². The Hall–Kier alpha value is -0.0800. The van der Waals surface area contributed by atoms with E-state index >= 15 is 0 Å². The first-order chi connectivity index (χ1) is 9.12. The van der Waals surface area contributed by atoms with Crippen molar-refractivity contribution in [2.75, 3.05) is 13.1 Å². The van der Waals surface area contributed by atoms with Crippen LogP contribution in [-0.4, -0.2) is 35.6 Å². The molecule has 2 rings (SSSR count). The second-order valence-corrected chi connectivity index (χ2v) is 7.20. The predicted molar refractivity (Wildman–Crippen MR) is 83.5 cm³/mol. The smallest absolute Gasteiger partial charge is 0.0309 e. The summed E-state index contributed by atoms with van der Waals surface area (Å²) in [4.78, 5) is 2.88. The van der Waals surface area contributed by atoms with Crippen molar-refractivity contribution in [2.24, 2.45) is 5.92 Å². The van der Waals surface area contributed by atoms with Gasteiger partial charge in [-0.25, -0.2) is 0 Å². The number of nitrogens with zero attached hydrogens (tertiary/aromatic N) is 1. The van der Waals surface area contributed by atoms with Crippen molar-refractivity contribution >= 4 is 0 Å². The Labute approximate surface area is 120 Å². The molecule has 2 nitrogen and oxygen atoms in total. The van der Waals surface area contributed by atoms with Crippen molar-refractivity contribution in [1.29, 1.82) is 0 Å². The minimum atomic E-state index is 0.465. The Morgan fingerprint density at radius 2 is 1.89 bits per heavy atom. The molecule has 1 spiro atoms. The van der Waals surface area contributed by atoms with E-state index in [9.17, 15) is 0 Å². The summed E-state index contributed by atoms with van der Waals surface area (Å²) in [5, 5.41) is 3.94. The zero-order valence-electron chi connectivity index (χ0n) is 13.5. The second kappa shape index (κ2) is 6.58. The molecule has 1 heterocycles. The third-order valence-electron chi connectivity index (χ3n) is 5.49. The third-order valence-corrected chi connectivity index (χ3v) is 5.49. The van der Waals surface area contributed by atoms with Gasteiger partial charge in [0.25, 0.3) is 0 Å². The number of hydrogen-bond acceptors (Lipinski definition) is 2. The van der Waals surface area contributed by atoms with Gasteiger partial charge < -0.3 is 5.32 Å². The lowest BCUT2D eigenvalue weighted by Crippen LogP contribution is -2.66. The maximum Gasteiger partial charge on any atom is 0.0309 e. The molecule has 19 heavy (non-hydrogen) atoms. The van der Waals surface area contributed by atoms with Crippen LogP contribution in [0.1, 0.15) is 72.6 Å². The molecule has 2 unspecified atom stereocenters. The highest BCUT2D eigenvalue weighted by Gasteiger charge is 2.43. The first-order valence-corrected chi connectivity index (χ1v) is 8.62. The fraction of sp³-hybridized carbons (Fsp3) is 1.00. The second-order valence-electron chi connectivity index (χ2n) is 7.20. The first-order valence-electron chi connectivity index (χ1n) is 8.62. The molecular formula is C17H34N2. The van der Waals surface area contributed by atoms with Gasteiger partial charge in [-0.1, -0.05) is 47.0 Å². The van der Waals surface area contributed by atoms with Crippen LogP contribution < -0.4 is 5.32 Å². The van der Waals surface area contributed by atoms with E-state index in [1.165, 1.54) is 58.0 Å². The SMILES string of the molecule is CCCC(CC)N1CC2(CCCC2)NCC1C(C)C. The average molecular weight is 266 g/mol. The number of rotatable bonds is 5. The minimum absolute atomic E-state index is 0.465. The van der Waals surface area contributed by atoms with Crippen LogP contribution in [-0.2, 0) is 0 Å². The first kappa shape index (κ1) is 15.3. The number of piperazine rings is 1. The molecule has 0 aromatic rings. The highest BCUT2D eigenvalue weighted by molar-refractivity contribution is 5.02. The molecule has 2 fully saturated rings. The van der Waals surface area contributed by atoms with Gasteiger partial charge in [0.05, 0.1) is 0 Å². The molecule has 0 aromatic heterocycles. The Morgan fingerprint density at radius 3 is 2.42 bits per heavy atom. The van der Waals surface area contributed by atoms with E-state index in [1.807, 2.05) is 0 Å². The van der Waals surface area contributed by atoms with Gasteiger partial charge in [0, 0.05) is 30.7 Å². The summed E-state index contributed by atoms with van der Waals surface area (Å²) < 4.78 is 0. The molecule has 112 valence electrons. The van der Waals surface area contributed by atoms with Gasteiger partial charge in [-0.15, -0.1) is 0 Å². The van der Waals surface area contributed by atoms with E-state index < -0.39 is 0 Å². The fourth-order valence-corrected chi connectivity index (χ4v) is 4.30. The van der Waals surface area contributed by atoms with Crippen LogP contribution in [0, 0.1) is 5.92 Å². The number of nitrogens with one attached hydrogen (secondary N) is 1. The number of hydrogen-bond donors (Lipinski definition) is 1. The van der Waals surface area contributed by atoms with Crippen molar-refractivity contribution in [3.63, 3.8) is 0 Å². The Morgan fingerprint density at radius 1 is 1.21 bits per heavy atom. The molecule has 0 bridgehead atoms. The van der Waals surface area contributed by atoms with Crippen LogP contribution >= 0.6 is 0 Å². The molecular weight excluding hydrogens is 232 g/mol. The molecule has 1 saturated heterocycles. The standard InChI is InChI=1S/C17H34N2/c1-5-9-15(6-2)19-13-17(10-7-8-11-17)18-12-16(19)14(3)4/h14-16,18H,5-13H2,1-4H3. The van der Waals surface area contributed by atoms with Crippen LogP contribution in [0.4, 0.5) is 0 Å². The van der Waals surface area contributed by atoms with Gasteiger partial charge in [-0.2, -0.15) is 0 Å². The van der Waals surface area contributed by atoms with Gasteiger partial charge in [0.1, 0.15) is 0 Å². The molecule has 2 aliphatic rings. The summed E-state index contributed by atoms with van der Waals surface area (Å²) >= 11 is 0. The zero-order valence-corrected chi connectivity index (χ0v) is 13.5. The summed E-state index contributed by atoms with van der Waals surface area (Å²) in [5.74, 6) is 0.761. The van der Waals surface area contributed by atoms with Gasteiger partial charge in [0.2, 0.25) is 0 Å². The topological polar surface area (TPSA) is 15.3 Å². The van der Waals surface area contributed by atoms with Gasteiger partial charge in [0.15, 0.2) is 0 Å². The maximum atomic E-state index is 3.94. The van der Waals surface area contributed by atoms with Gasteiger partial charge in [-0.05, 0) is 31.6 Å². The lowest BCUT2D eigenvalue weighted by Gasteiger charge is -2.51. The maximum absolute atomic E-state index is 3.94. The van der Waals surface area contributed by atoms with Crippen molar-refractivity contribution < 1.29 is 0 Å². The van der Waals surface area contributed by atoms with E-state index in [0.717, 1.165) is 18.0 Å². The van der Waals surface area contributed by atoms with E-state index in [1.54, 1.807) is 0 Å². The molecule has 1 saturated carbocycles. The Kier molecular flexibility index (Phi) is 5.30.